The molecule has 2 aromatic carbocycles. The van der Waals surface area contributed by atoms with Gasteiger partial charge in [-0.3, -0.25) is 19.8 Å². The van der Waals surface area contributed by atoms with Crippen LogP contribution in [0.5, 0.6) is 11.5 Å². The molecule has 1 aliphatic heterocycles. The van der Waals surface area contributed by atoms with E-state index in [2.05, 4.69) is 15.1 Å². The minimum atomic E-state index is -0.399. The molecular formula is C22H28N4O5. The van der Waals surface area contributed by atoms with E-state index in [9.17, 15) is 14.9 Å². The number of carbonyl (C=O) groups is 1. The van der Waals surface area contributed by atoms with Gasteiger partial charge in [0.15, 0.2) is 11.5 Å². The van der Waals surface area contributed by atoms with Gasteiger partial charge in [0.25, 0.3) is 5.69 Å². The van der Waals surface area contributed by atoms with Gasteiger partial charge in [-0.2, -0.15) is 0 Å². The molecule has 1 unspecified atom stereocenters. The maximum Gasteiger partial charge on any atom is 0.269 e. The number of nitrogens with one attached hydrogen (secondary N) is 1. The number of ether oxygens (including phenoxy) is 2. The fourth-order valence-electron chi connectivity index (χ4n) is 3.65. The molecule has 3 rings (SSSR count). The molecule has 1 amide bonds. The second-order valence-electron chi connectivity index (χ2n) is 7.38. The van der Waals surface area contributed by atoms with Crippen molar-refractivity contribution in [3.8, 4) is 11.5 Å². The number of methoxy groups -OCH3 is 2. The number of anilines is 1. The molecular weight excluding hydrogens is 400 g/mol. The molecule has 9 nitrogen and oxygen atoms in total. The molecule has 2 aromatic rings. The van der Waals surface area contributed by atoms with Crippen LogP contribution in [0.3, 0.4) is 0 Å². The third-order valence-corrected chi connectivity index (χ3v) is 5.58. The summed E-state index contributed by atoms with van der Waals surface area (Å²) in [4.78, 5) is 27.4. The van der Waals surface area contributed by atoms with Crippen LogP contribution in [0.1, 0.15) is 12.5 Å². The number of rotatable bonds is 8. The molecule has 9 heteroatoms. The fraction of sp³-hybridized carbons (Fsp3) is 0.409. The number of benzene rings is 2. The minimum absolute atomic E-state index is 0.0291. The molecule has 1 saturated heterocycles. The number of carbonyl (C=O) groups excluding carboxylic acids is 1. The van der Waals surface area contributed by atoms with Gasteiger partial charge < -0.3 is 19.7 Å². The second-order valence-corrected chi connectivity index (χ2v) is 7.38. The average molecular weight is 428 g/mol. The van der Waals surface area contributed by atoms with Crippen molar-refractivity contribution in [3.05, 3.63) is 58.1 Å². The van der Waals surface area contributed by atoms with Gasteiger partial charge in [0.05, 0.1) is 25.2 Å². The van der Waals surface area contributed by atoms with E-state index in [0.717, 1.165) is 37.4 Å². The van der Waals surface area contributed by atoms with Gasteiger partial charge in [0, 0.05) is 50.5 Å². The molecule has 0 aromatic heterocycles. The van der Waals surface area contributed by atoms with E-state index in [-0.39, 0.29) is 17.6 Å². The lowest BCUT2D eigenvalue weighted by atomic mass is 10.1. The van der Waals surface area contributed by atoms with Crippen LogP contribution in [-0.4, -0.2) is 62.2 Å². The van der Waals surface area contributed by atoms with Crippen LogP contribution in [0.15, 0.2) is 42.5 Å². The van der Waals surface area contributed by atoms with Crippen LogP contribution < -0.4 is 19.7 Å². The van der Waals surface area contributed by atoms with Crippen LogP contribution in [0, 0.1) is 10.1 Å². The highest BCUT2D eigenvalue weighted by molar-refractivity contribution is 5.81. The van der Waals surface area contributed by atoms with Crippen LogP contribution >= 0.6 is 0 Å². The van der Waals surface area contributed by atoms with Crippen molar-refractivity contribution in [2.45, 2.75) is 19.5 Å². The summed E-state index contributed by atoms with van der Waals surface area (Å²) >= 11 is 0. The number of nitro groups is 1. The first-order valence-corrected chi connectivity index (χ1v) is 10.1. The Labute approximate surface area is 181 Å². The molecule has 0 bridgehead atoms. The first-order chi connectivity index (χ1) is 14.9. The van der Waals surface area contributed by atoms with Gasteiger partial charge in [-0.1, -0.05) is 6.07 Å². The Balaban J connectivity index is 1.50. The van der Waals surface area contributed by atoms with Crippen molar-refractivity contribution >= 4 is 17.3 Å². The summed E-state index contributed by atoms with van der Waals surface area (Å²) in [6, 6.07) is 11.9. The van der Waals surface area contributed by atoms with Gasteiger partial charge in [-0.15, -0.1) is 0 Å². The SMILES string of the molecule is COc1ccc(CNC(=O)C(C)N2CCN(c3ccc([N+](=O)[O-])cc3)CC2)cc1OC. The maximum absolute atomic E-state index is 12.7. The molecule has 0 aliphatic carbocycles. The van der Waals surface area contributed by atoms with E-state index >= 15 is 0 Å². The second kappa shape index (κ2) is 10.1. The normalized spacial score (nSPS) is 15.3. The summed E-state index contributed by atoms with van der Waals surface area (Å²) in [7, 11) is 3.17. The smallest absolute Gasteiger partial charge is 0.269 e. The number of nitrogens with zero attached hydrogens (tertiary/aromatic N) is 3. The Kier molecular flexibility index (Phi) is 7.30. The number of nitro benzene ring substituents is 1. The molecule has 31 heavy (non-hydrogen) atoms. The van der Waals surface area contributed by atoms with Crippen molar-refractivity contribution in [1.82, 2.24) is 10.2 Å². The Hall–Kier alpha value is -3.33. The summed E-state index contributed by atoms with van der Waals surface area (Å²) in [6.45, 7) is 5.30. The zero-order valence-electron chi connectivity index (χ0n) is 18.0. The van der Waals surface area contributed by atoms with Gasteiger partial charge >= 0.3 is 0 Å². The Bertz CT molecular complexity index is 911. The molecule has 1 N–H and O–H groups in total. The third kappa shape index (κ3) is 5.43. The first kappa shape index (κ1) is 22.4. The summed E-state index contributed by atoms with van der Waals surface area (Å²) in [5.41, 5.74) is 1.97. The van der Waals surface area contributed by atoms with Crippen molar-refractivity contribution in [3.63, 3.8) is 0 Å². The van der Waals surface area contributed by atoms with E-state index in [1.54, 1.807) is 26.4 Å². The summed E-state index contributed by atoms with van der Waals surface area (Å²) in [6.07, 6.45) is 0. The van der Waals surface area contributed by atoms with E-state index in [0.29, 0.717) is 18.0 Å². The predicted octanol–water partition coefficient (Wildman–Crippen LogP) is 2.44. The number of amides is 1. The van der Waals surface area contributed by atoms with Crippen molar-refractivity contribution in [2.75, 3.05) is 45.3 Å². The van der Waals surface area contributed by atoms with Crippen molar-refractivity contribution < 1.29 is 19.2 Å². The van der Waals surface area contributed by atoms with Gasteiger partial charge in [0.2, 0.25) is 5.91 Å². The van der Waals surface area contributed by atoms with Gasteiger partial charge in [-0.05, 0) is 36.8 Å². The molecule has 166 valence electrons. The highest BCUT2D eigenvalue weighted by atomic mass is 16.6. The first-order valence-electron chi connectivity index (χ1n) is 10.1. The molecule has 0 saturated carbocycles. The third-order valence-electron chi connectivity index (χ3n) is 5.58. The number of piperazine rings is 1. The zero-order chi connectivity index (χ0) is 22.4. The molecule has 1 fully saturated rings. The molecule has 1 aliphatic rings. The number of hydrogen-bond acceptors (Lipinski definition) is 7. The fourth-order valence-corrected chi connectivity index (χ4v) is 3.65. The molecule has 1 heterocycles. The zero-order valence-corrected chi connectivity index (χ0v) is 18.0. The highest BCUT2D eigenvalue weighted by Crippen LogP contribution is 2.27. The lowest BCUT2D eigenvalue weighted by Gasteiger charge is -2.38. The number of hydrogen-bond donors (Lipinski definition) is 1. The van der Waals surface area contributed by atoms with Crippen LogP contribution in [0.4, 0.5) is 11.4 Å². The average Bonchev–Trinajstić information content (AvgIpc) is 2.81. The Morgan fingerprint density at radius 3 is 2.29 bits per heavy atom. The predicted molar refractivity (Wildman–Crippen MR) is 118 cm³/mol. The topological polar surface area (TPSA) is 97.2 Å². The Morgan fingerprint density at radius 1 is 1.06 bits per heavy atom. The van der Waals surface area contributed by atoms with E-state index < -0.39 is 4.92 Å². The van der Waals surface area contributed by atoms with E-state index in [1.165, 1.54) is 12.1 Å². The molecule has 0 radical (unpaired) electrons. The van der Waals surface area contributed by atoms with Crippen LogP contribution in [0.25, 0.3) is 0 Å². The largest absolute Gasteiger partial charge is 0.493 e. The maximum atomic E-state index is 12.7. The van der Waals surface area contributed by atoms with Crippen molar-refractivity contribution in [2.24, 2.45) is 0 Å². The quantitative estimate of drug-likeness (QED) is 0.509. The monoisotopic (exact) mass is 428 g/mol. The van der Waals surface area contributed by atoms with E-state index in [1.807, 2.05) is 25.1 Å². The lowest BCUT2D eigenvalue weighted by molar-refractivity contribution is -0.384. The van der Waals surface area contributed by atoms with E-state index in [4.69, 9.17) is 9.47 Å². The number of non-ortho nitro benzene ring substituents is 1. The lowest BCUT2D eigenvalue weighted by Crippen LogP contribution is -2.53. The molecule has 1 atom stereocenters. The van der Waals surface area contributed by atoms with Gasteiger partial charge in [0.1, 0.15) is 0 Å². The summed E-state index contributed by atoms with van der Waals surface area (Å²) in [5, 5.41) is 13.8. The van der Waals surface area contributed by atoms with Crippen LogP contribution in [-0.2, 0) is 11.3 Å². The summed E-state index contributed by atoms with van der Waals surface area (Å²) in [5.74, 6) is 1.25. The standard InChI is InChI=1S/C22H28N4O5/c1-16(22(27)23-15-17-4-9-20(30-2)21(14-17)31-3)24-10-12-25(13-11-24)18-5-7-19(8-6-18)26(28)29/h4-9,14,16H,10-13,15H2,1-3H3,(H,23,27). The van der Waals surface area contributed by atoms with Crippen LogP contribution in [0.2, 0.25) is 0 Å². The van der Waals surface area contributed by atoms with Gasteiger partial charge in [-0.25, -0.2) is 0 Å². The molecule has 0 spiro atoms. The highest BCUT2D eigenvalue weighted by Gasteiger charge is 2.25. The van der Waals surface area contributed by atoms with Crippen molar-refractivity contribution in [1.29, 1.82) is 0 Å². The minimum Gasteiger partial charge on any atom is -0.493 e. The summed E-state index contributed by atoms with van der Waals surface area (Å²) < 4.78 is 10.5. The Morgan fingerprint density at radius 2 is 1.71 bits per heavy atom.